The standard InChI is InChI=1S/C19H23ClN2O/c1-15-19(23-13-5-12-22(2)3)11-10-18(21-15)9-8-16-6-4-7-17(20)14-16/h4,6-11,14H,5,12-13H2,1-3H3. The molecule has 4 heteroatoms. The number of hydrogen-bond acceptors (Lipinski definition) is 3. The average Bonchev–Trinajstić information content (AvgIpc) is 2.51. The van der Waals surface area contributed by atoms with Crippen molar-refractivity contribution >= 4 is 23.8 Å². The molecule has 2 aromatic rings. The summed E-state index contributed by atoms with van der Waals surface area (Å²) in [5, 5.41) is 0.734. The molecule has 0 bridgehead atoms. The van der Waals surface area contributed by atoms with E-state index in [0.29, 0.717) is 6.61 Å². The predicted molar refractivity (Wildman–Crippen MR) is 98.0 cm³/mol. The van der Waals surface area contributed by atoms with Gasteiger partial charge in [-0.2, -0.15) is 0 Å². The van der Waals surface area contributed by atoms with Crippen molar-refractivity contribution in [3.05, 3.63) is 58.4 Å². The summed E-state index contributed by atoms with van der Waals surface area (Å²) >= 11 is 5.98. The lowest BCUT2D eigenvalue weighted by Gasteiger charge is -2.11. The Balaban J connectivity index is 1.96. The number of hydrogen-bond donors (Lipinski definition) is 0. The summed E-state index contributed by atoms with van der Waals surface area (Å²) in [6.45, 7) is 3.70. The van der Waals surface area contributed by atoms with Gasteiger partial charge in [-0.05, 0) is 63.3 Å². The molecule has 0 saturated heterocycles. The van der Waals surface area contributed by atoms with Gasteiger partial charge in [-0.1, -0.05) is 29.8 Å². The van der Waals surface area contributed by atoms with E-state index in [0.717, 1.165) is 40.7 Å². The second-order valence-corrected chi connectivity index (χ2v) is 6.15. The zero-order valence-electron chi connectivity index (χ0n) is 13.9. The molecule has 0 radical (unpaired) electrons. The van der Waals surface area contributed by atoms with Gasteiger partial charge in [-0.25, -0.2) is 4.98 Å². The zero-order valence-corrected chi connectivity index (χ0v) is 14.7. The van der Waals surface area contributed by atoms with Gasteiger partial charge in [0.2, 0.25) is 0 Å². The van der Waals surface area contributed by atoms with Crippen LogP contribution in [0.15, 0.2) is 36.4 Å². The minimum atomic E-state index is 0.707. The maximum atomic E-state index is 5.98. The molecule has 0 unspecified atom stereocenters. The number of pyridine rings is 1. The average molecular weight is 331 g/mol. The number of ether oxygens (including phenoxy) is 1. The molecule has 23 heavy (non-hydrogen) atoms. The van der Waals surface area contributed by atoms with Crippen molar-refractivity contribution in [3.63, 3.8) is 0 Å². The Morgan fingerprint density at radius 3 is 2.70 bits per heavy atom. The Morgan fingerprint density at radius 2 is 2.00 bits per heavy atom. The van der Waals surface area contributed by atoms with Gasteiger partial charge in [0.25, 0.3) is 0 Å². The first-order valence-corrected chi connectivity index (χ1v) is 8.11. The van der Waals surface area contributed by atoms with E-state index in [-0.39, 0.29) is 0 Å². The Hall–Kier alpha value is -1.84. The molecular weight excluding hydrogens is 308 g/mol. The summed E-state index contributed by atoms with van der Waals surface area (Å²) in [6.07, 6.45) is 4.99. The molecule has 0 aliphatic rings. The molecule has 2 rings (SSSR count). The van der Waals surface area contributed by atoms with E-state index in [4.69, 9.17) is 16.3 Å². The first kappa shape index (κ1) is 17.5. The molecule has 0 N–H and O–H groups in total. The lowest BCUT2D eigenvalue weighted by molar-refractivity contribution is 0.279. The quantitative estimate of drug-likeness (QED) is 0.697. The van der Waals surface area contributed by atoms with Crippen LogP contribution in [0.25, 0.3) is 12.2 Å². The fourth-order valence-corrected chi connectivity index (χ4v) is 2.37. The largest absolute Gasteiger partial charge is 0.492 e. The maximum absolute atomic E-state index is 5.98. The van der Waals surface area contributed by atoms with Crippen molar-refractivity contribution in [2.45, 2.75) is 13.3 Å². The Labute approximate surface area is 143 Å². The molecule has 122 valence electrons. The molecule has 0 fully saturated rings. The summed E-state index contributed by atoms with van der Waals surface area (Å²) in [4.78, 5) is 6.72. The van der Waals surface area contributed by atoms with Crippen molar-refractivity contribution in [2.75, 3.05) is 27.2 Å². The van der Waals surface area contributed by atoms with E-state index in [2.05, 4.69) is 24.0 Å². The summed E-state index contributed by atoms with van der Waals surface area (Å²) in [5.74, 6) is 0.851. The molecule has 0 aliphatic heterocycles. The predicted octanol–water partition coefficient (Wildman–Crippen LogP) is 4.54. The van der Waals surface area contributed by atoms with Crippen LogP contribution in [-0.2, 0) is 0 Å². The van der Waals surface area contributed by atoms with Gasteiger partial charge >= 0.3 is 0 Å². The molecular formula is C19H23ClN2O. The Kier molecular flexibility index (Phi) is 6.63. The van der Waals surface area contributed by atoms with Gasteiger partial charge < -0.3 is 9.64 Å². The van der Waals surface area contributed by atoms with Crippen molar-refractivity contribution in [1.82, 2.24) is 9.88 Å². The third-order valence-corrected chi connectivity index (χ3v) is 3.60. The summed E-state index contributed by atoms with van der Waals surface area (Å²) in [7, 11) is 4.13. The van der Waals surface area contributed by atoms with E-state index in [1.165, 1.54) is 0 Å². The number of aromatic nitrogens is 1. The van der Waals surface area contributed by atoms with E-state index < -0.39 is 0 Å². The summed E-state index contributed by atoms with van der Waals surface area (Å²) in [5.41, 5.74) is 2.87. The number of benzene rings is 1. The molecule has 1 aromatic carbocycles. The van der Waals surface area contributed by atoms with Crippen LogP contribution < -0.4 is 4.74 Å². The fraction of sp³-hybridized carbons (Fsp3) is 0.316. The second kappa shape index (κ2) is 8.70. The van der Waals surface area contributed by atoms with E-state index >= 15 is 0 Å². The topological polar surface area (TPSA) is 25.4 Å². The molecule has 0 saturated carbocycles. The van der Waals surface area contributed by atoms with Crippen molar-refractivity contribution in [2.24, 2.45) is 0 Å². The van der Waals surface area contributed by atoms with Crippen LogP contribution in [0.1, 0.15) is 23.4 Å². The molecule has 3 nitrogen and oxygen atoms in total. The number of aryl methyl sites for hydroxylation is 1. The summed E-state index contributed by atoms with van der Waals surface area (Å²) < 4.78 is 5.79. The normalized spacial score (nSPS) is 11.3. The lowest BCUT2D eigenvalue weighted by Crippen LogP contribution is -2.15. The lowest BCUT2D eigenvalue weighted by atomic mass is 10.2. The van der Waals surface area contributed by atoms with Gasteiger partial charge in [0, 0.05) is 11.6 Å². The van der Waals surface area contributed by atoms with Crippen LogP contribution in [0.4, 0.5) is 0 Å². The highest BCUT2D eigenvalue weighted by Crippen LogP contribution is 2.18. The van der Waals surface area contributed by atoms with Crippen molar-refractivity contribution in [1.29, 1.82) is 0 Å². The molecule has 0 amide bonds. The van der Waals surface area contributed by atoms with E-state index in [1.54, 1.807) is 0 Å². The first-order chi connectivity index (χ1) is 11.0. The van der Waals surface area contributed by atoms with Crippen LogP contribution in [0.3, 0.4) is 0 Å². The minimum Gasteiger partial charge on any atom is -0.492 e. The van der Waals surface area contributed by atoms with Crippen molar-refractivity contribution in [3.8, 4) is 5.75 Å². The van der Waals surface area contributed by atoms with Gasteiger partial charge in [0.15, 0.2) is 0 Å². The number of halogens is 1. The molecule has 0 atom stereocenters. The second-order valence-electron chi connectivity index (χ2n) is 5.71. The van der Waals surface area contributed by atoms with Gasteiger partial charge in [0.1, 0.15) is 5.75 Å². The highest BCUT2D eigenvalue weighted by atomic mass is 35.5. The smallest absolute Gasteiger partial charge is 0.140 e. The number of rotatable bonds is 7. The van der Waals surface area contributed by atoms with E-state index in [1.807, 2.05) is 55.5 Å². The summed E-state index contributed by atoms with van der Waals surface area (Å²) in [6, 6.07) is 11.7. The Bertz CT molecular complexity index is 668. The van der Waals surface area contributed by atoms with Crippen LogP contribution in [0.2, 0.25) is 5.02 Å². The van der Waals surface area contributed by atoms with Crippen LogP contribution in [0, 0.1) is 6.92 Å². The van der Waals surface area contributed by atoms with Gasteiger partial charge in [-0.15, -0.1) is 0 Å². The van der Waals surface area contributed by atoms with E-state index in [9.17, 15) is 0 Å². The first-order valence-electron chi connectivity index (χ1n) is 7.73. The Morgan fingerprint density at radius 1 is 1.17 bits per heavy atom. The minimum absolute atomic E-state index is 0.707. The fourth-order valence-electron chi connectivity index (χ4n) is 2.17. The number of nitrogens with zero attached hydrogens (tertiary/aromatic N) is 2. The third kappa shape index (κ3) is 6.05. The molecule has 0 spiro atoms. The van der Waals surface area contributed by atoms with Crippen LogP contribution in [-0.4, -0.2) is 37.1 Å². The third-order valence-electron chi connectivity index (χ3n) is 3.36. The molecule has 0 aliphatic carbocycles. The monoisotopic (exact) mass is 330 g/mol. The zero-order chi connectivity index (χ0) is 16.7. The highest BCUT2D eigenvalue weighted by molar-refractivity contribution is 6.30. The molecule has 1 heterocycles. The van der Waals surface area contributed by atoms with Crippen LogP contribution >= 0.6 is 11.6 Å². The SMILES string of the molecule is Cc1nc(C=Cc2cccc(Cl)c2)ccc1OCCCN(C)C. The van der Waals surface area contributed by atoms with Gasteiger partial charge in [-0.3, -0.25) is 0 Å². The maximum Gasteiger partial charge on any atom is 0.140 e. The van der Waals surface area contributed by atoms with Crippen LogP contribution in [0.5, 0.6) is 5.75 Å². The van der Waals surface area contributed by atoms with Crippen molar-refractivity contribution < 1.29 is 4.74 Å². The van der Waals surface area contributed by atoms with Gasteiger partial charge in [0.05, 0.1) is 18.0 Å². The molecule has 1 aromatic heterocycles. The highest BCUT2D eigenvalue weighted by Gasteiger charge is 2.02.